The topological polar surface area (TPSA) is 69.7 Å². The second-order valence-electron chi connectivity index (χ2n) is 7.00. The van der Waals surface area contributed by atoms with Crippen LogP contribution >= 0.6 is 0 Å². The summed E-state index contributed by atoms with van der Waals surface area (Å²) in [5.41, 5.74) is 1.77. The van der Waals surface area contributed by atoms with Crippen molar-refractivity contribution in [1.29, 1.82) is 0 Å². The molecule has 1 aromatic rings. The van der Waals surface area contributed by atoms with Crippen LogP contribution in [0.15, 0.2) is 23.1 Å². The number of anilines is 1. The number of fused-ring (bicyclic) bond motifs is 1. The SMILES string of the molecule is CCCN(C1CCNC1)S(=O)(=O)c1ccc2c(c1)CC(C)N2C(C)=O. The number of nitrogens with zero attached hydrogens (tertiary/aromatic N) is 2. The van der Waals surface area contributed by atoms with E-state index in [9.17, 15) is 13.2 Å². The third-order valence-corrected chi connectivity index (χ3v) is 7.05. The first-order valence-electron chi connectivity index (χ1n) is 9.01. The predicted molar refractivity (Wildman–Crippen MR) is 98.2 cm³/mol. The van der Waals surface area contributed by atoms with Gasteiger partial charge < -0.3 is 10.2 Å². The Morgan fingerprint density at radius 3 is 2.76 bits per heavy atom. The summed E-state index contributed by atoms with van der Waals surface area (Å²) < 4.78 is 28.1. The Kier molecular flexibility index (Phi) is 5.18. The van der Waals surface area contributed by atoms with E-state index in [1.807, 2.05) is 13.8 Å². The summed E-state index contributed by atoms with van der Waals surface area (Å²) >= 11 is 0. The van der Waals surface area contributed by atoms with Gasteiger partial charge in [0.1, 0.15) is 0 Å². The number of carbonyl (C=O) groups is 1. The van der Waals surface area contributed by atoms with Crippen molar-refractivity contribution in [1.82, 2.24) is 9.62 Å². The summed E-state index contributed by atoms with van der Waals surface area (Å²) in [6.45, 7) is 7.63. The monoisotopic (exact) mass is 365 g/mol. The Morgan fingerprint density at radius 2 is 2.16 bits per heavy atom. The molecule has 1 amide bonds. The lowest BCUT2D eigenvalue weighted by atomic mass is 10.1. The molecule has 7 heteroatoms. The largest absolute Gasteiger partial charge is 0.315 e. The lowest BCUT2D eigenvalue weighted by Crippen LogP contribution is -2.42. The Hall–Kier alpha value is -1.44. The highest BCUT2D eigenvalue weighted by Gasteiger charge is 2.35. The Morgan fingerprint density at radius 1 is 1.40 bits per heavy atom. The fourth-order valence-electron chi connectivity index (χ4n) is 3.99. The highest BCUT2D eigenvalue weighted by atomic mass is 32.2. The van der Waals surface area contributed by atoms with Gasteiger partial charge in [0, 0.05) is 37.8 Å². The van der Waals surface area contributed by atoms with Gasteiger partial charge in [0.15, 0.2) is 0 Å². The molecule has 0 aromatic heterocycles. The molecular weight excluding hydrogens is 338 g/mol. The van der Waals surface area contributed by atoms with Crippen molar-refractivity contribution in [2.24, 2.45) is 0 Å². The fraction of sp³-hybridized carbons (Fsp3) is 0.611. The van der Waals surface area contributed by atoms with E-state index in [2.05, 4.69) is 5.32 Å². The molecule has 2 aliphatic heterocycles. The van der Waals surface area contributed by atoms with Gasteiger partial charge in [-0.1, -0.05) is 6.92 Å². The first-order valence-corrected chi connectivity index (χ1v) is 10.5. The maximum absolute atomic E-state index is 13.2. The molecule has 0 bridgehead atoms. The van der Waals surface area contributed by atoms with Crippen LogP contribution in [0.2, 0.25) is 0 Å². The molecule has 2 unspecified atom stereocenters. The average Bonchev–Trinajstić information content (AvgIpc) is 3.17. The van der Waals surface area contributed by atoms with Crippen LogP contribution in [-0.2, 0) is 21.2 Å². The van der Waals surface area contributed by atoms with Crippen LogP contribution in [0.3, 0.4) is 0 Å². The van der Waals surface area contributed by atoms with E-state index in [0.29, 0.717) is 24.4 Å². The van der Waals surface area contributed by atoms with Crippen LogP contribution in [0.4, 0.5) is 5.69 Å². The Bertz CT molecular complexity index is 757. The molecule has 1 N–H and O–H groups in total. The van der Waals surface area contributed by atoms with Crippen molar-refractivity contribution in [3.8, 4) is 0 Å². The molecule has 0 saturated carbocycles. The van der Waals surface area contributed by atoms with Crippen molar-refractivity contribution in [2.45, 2.75) is 57.0 Å². The Balaban J connectivity index is 1.95. The van der Waals surface area contributed by atoms with Crippen molar-refractivity contribution in [2.75, 3.05) is 24.5 Å². The second-order valence-corrected chi connectivity index (χ2v) is 8.89. The highest BCUT2D eigenvalue weighted by Crippen LogP contribution is 2.35. The Labute approximate surface area is 150 Å². The van der Waals surface area contributed by atoms with Gasteiger partial charge >= 0.3 is 0 Å². The van der Waals surface area contributed by atoms with E-state index in [0.717, 1.165) is 30.6 Å². The van der Waals surface area contributed by atoms with Crippen molar-refractivity contribution in [3.05, 3.63) is 23.8 Å². The molecule has 0 spiro atoms. The number of benzene rings is 1. The zero-order valence-corrected chi connectivity index (χ0v) is 16.0. The summed E-state index contributed by atoms with van der Waals surface area (Å²) in [7, 11) is -3.53. The van der Waals surface area contributed by atoms with E-state index in [1.165, 1.54) is 0 Å². The lowest BCUT2D eigenvalue weighted by Gasteiger charge is -2.27. The quantitative estimate of drug-likeness (QED) is 0.863. The summed E-state index contributed by atoms with van der Waals surface area (Å²) in [6.07, 6.45) is 2.33. The van der Waals surface area contributed by atoms with Gasteiger partial charge in [-0.25, -0.2) is 8.42 Å². The number of hydrogen-bond donors (Lipinski definition) is 1. The minimum absolute atomic E-state index is 0.00787. The third kappa shape index (κ3) is 3.32. The van der Waals surface area contributed by atoms with Gasteiger partial charge in [-0.15, -0.1) is 0 Å². The van der Waals surface area contributed by atoms with Gasteiger partial charge in [0.25, 0.3) is 0 Å². The van der Waals surface area contributed by atoms with Gasteiger partial charge in [0.2, 0.25) is 15.9 Å². The summed E-state index contributed by atoms with van der Waals surface area (Å²) in [5.74, 6) is -0.00787. The molecule has 1 saturated heterocycles. The third-order valence-electron chi connectivity index (χ3n) is 5.10. The first kappa shape index (κ1) is 18.4. The minimum atomic E-state index is -3.53. The lowest BCUT2D eigenvalue weighted by molar-refractivity contribution is -0.116. The molecule has 0 radical (unpaired) electrons. The minimum Gasteiger partial charge on any atom is -0.315 e. The molecule has 25 heavy (non-hydrogen) atoms. The molecule has 2 atom stereocenters. The fourth-order valence-corrected chi connectivity index (χ4v) is 5.79. The van der Waals surface area contributed by atoms with Crippen molar-refractivity contribution < 1.29 is 13.2 Å². The van der Waals surface area contributed by atoms with Crippen LogP contribution in [0.1, 0.15) is 39.2 Å². The molecular formula is C18H27N3O3S. The van der Waals surface area contributed by atoms with E-state index in [4.69, 9.17) is 0 Å². The highest BCUT2D eigenvalue weighted by molar-refractivity contribution is 7.89. The molecule has 1 aromatic carbocycles. The van der Waals surface area contributed by atoms with E-state index >= 15 is 0 Å². The zero-order chi connectivity index (χ0) is 18.2. The number of sulfonamides is 1. The number of rotatable bonds is 5. The zero-order valence-electron chi connectivity index (χ0n) is 15.2. The van der Waals surface area contributed by atoms with Crippen LogP contribution in [-0.4, -0.2) is 50.3 Å². The number of carbonyl (C=O) groups excluding carboxylic acids is 1. The molecule has 6 nitrogen and oxygen atoms in total. The second kappa shape index (κ2) is 7.05. The summed E-state index contributed by atoms with van der Waals surface area (Å²) in [5, 5.41) is 3.25. The number of hydrogen-bond acceptors (Lipinski definition) is 4. The first-order chi connectivity index (χ1) is 11.9. The predicted octanol–water partition coefficient (Wildman–Crippen LogP) is 1.75. The van der Waals surface area contributed by atoms with Crippen LogP contribution in [0.25, 0.3) is 0 Å². The van der Waals surface area contributed by atoms with Crippen LogP contribution in [0.5, 0.6) is 0 Å². The smallest absolute Gasteiger partial charge is 0.243 e. The normalized spacial score (nSPS) is 23.3. The molecule has 138 valence electrons. The van der Waals surface area contributed by atoms with Crippen LogP contribution < -0.4 is 10.2 Å². The van der Waals surface area contributed by atoms with E-state index in [1.54, 1.807) is 34.3 Å². The van der Waals surface area contributed by atoms with E-state index < -0.39 is 10.0 Å². The number of nitrogens with one attached hydrogen (secondary N) is 1. The molecule has 2 heterocycles. The maximum atomic E-state index is 13.2. The number of amides is 1. The van der Waals surface area contributed by atoms with Crippen LogP contribution in [0, 0.1) is 0 Å². The standard InChI is InChI=1S/C18H27N3O3S/c1-4-9-20(16-7-8-19-12-16)25(23,24)17-5-6-18-15(11-17)10-13(2)21(18)14(3)22/h5-6,11,13,16,19H,4,7-10,12H2,1-3H3. The molecule has 1 fully saturated rings. The van der Waals surface area contributed by atoms with Gasteiger partial charge in [0.05, 0.1) is 4.90 Å². The van der Waals surface area contributed by atoms with Gasteiger partial charge in [-0.3, -0.25) is 4.79 Å². The van der Waals surface area contributed by atoms with Gasteiger partial charge in [-0.05, 0) is 56.5 Å². The summed E-state index contributed by atoms with van der Waals surface area (Å²) in [4.78, 5) is 13.9. The van der Waals surface area contributed by atoms with E-state index in [-0.39, 0.29) is 18.0 Å². The molecule has 2 aliphatic rings. The summed E-state index contributed by atoms with van der Waals surface area (Å²) in [6, 6.07) is 5.27. The van der Waals surface area contributed by atoms with Gasteiger partial charge in [-0.2, -0.15) is 4.31 Å². The average molecular weight is 365 g/mol. The van der Waals surface area contributed by atoms with Crippen molar-refractivity contribution >= 4 is 21.6 Å². The molecule has 0 aliphatic carbocycles. The molecule has 3 rings (SSSR count). The maximum Gasteiger partial charge on any atom is 0.243 e. The van der Waals surface area contributed by atoms with Crippen molar-refractivity contribution in [3.63, 3.8) is 0 Å².